The number of aromatic nitrogens is 1. The van der Waals surface area contributed by atoms with Crippen molar-refractivity contribution in [1.82, 2.24) is 9.88 Å². The van der Waals surface area contributed by atoms with Crippen LogP contribution >= 0.6 is 23.6 Å². The molecule has 7 heteroatoms. The zero-order chi connectivity index (χ0) is 21.0. The Balaban J connectivity index is 1.94. The van der Waals surface area contributed by atoms with Gasteiger partial charge in [0.1, 0.15) is 16.4 Å². The summed E-state index contributed by atoms with van der Waals surface area (Å²) in [5, 5.41) is 2.93. The van der Waals surface area contributed by atoms with Crippen LogP contribution in [0.5, 0.6) is 5.75 Å². The number of nitrogens with zero attached hydrogens (tertiary/aromatic N) is 1. The second-order valence-electron chi connectivity index (χ2n) is 6.54. The lowest BCUT2D eigenvalue weighted by Crippen LogP contribution is -2.23. The summed E-state index contributed by atoms with van der Waals surface area (Å²) >= 11 is 6.83. The highest BCUT2D eigenvalue weighted by Crippen LogP contribution is 2.31. The number of anilines is 1. The number of nitrogens with two attached hydrogens (primary N) is 1. The number of methoxy groups -OCH3 is 1. The molecule has 1 heterocycles. The lowest BCUT2D eigenvalue weighted by molar-refractivity contribution is 0.0955. The van der Waals surface area contributed by atoms with Crippen LogP contribution in [0.4, 0.5) is 5.82 Å². The summed E-state index contributed by atoms with van der Waals surface area (Å²) in [5.74, 6) is 0.874. The Morgan fingerprint density at radius 1 is 1.10 bits per heavy atom. The van der Waals surface area contributed by atoms with Gasteiger partial charge in [0.2, 0.25) is 0 Å². The van der Waals surface area contributed by atoms with Crippen LogP contribution in [-0.2, 0) is 19.4 Å². The van der Waals surface area contributed by atoms with E-state index >= 15 is 0 Å². The highest BCUT2D eigenvalue weighted by Gasteiger charge is 2.21. The summed E-state index contributed by atoms with van der Waals surface area (Å²) in [4.78, 5) is 13.3. The van der Waals surface area contributed by atoms with Crippen molar-refractivity contribution in [3.8, 4) is 11.4 Å². The van der Waals surface area contributed by atoms with Crippen LogP contribution in [0.15, 0.2) is 42.5 Å². The summed E-state index contributed by atoms with van der Waals surface area (Å²) in [6, 6.07) is 13.8. The number of rotatable bonds is 7. The average Bonchev–Trinajstić information content (AvgIpc) is 3.05. The number of hydrogen-bond acceptors (Lipinski definition) is 5. The largest absolute Gasteiger partial charge is 0.496 e. The maximum atomic E-state index is 12.9. The molecule has 0 spiro atoms. The smallest absolute Gasteiger partial charge is 0.265 e. The third-order valence-corrected chi connectivity index (χ3v) is 6.26. The SMILES string of the molecule is CCc1cccc(CC)c1-n1c(N)c(C(=O)NCc2ccccc2OC)sc1=S. The van der Waals surface area contributed by atoms with Crippen LogP contribution < -0.4 is 15.8 Å². The number of thiazole rings is 1. The Hall–Kier alpha value is -2.64. The monoisotopic (exact) mass is 427 g/mol. The summed E-state index contributed by atoms with van der Waals surface area (Å²) in [5.41, 5.74) is 10.6. The normalized spacial score (nSPS) is 10.7. The predicted molar refractivity (Wildman–Crippen MR) is 122 cm³/mol. The minimum absolute atomic E-state index is 0.240. The van der Waals surface area contributed by atoms with E-state index in [2.05, 4.69) is 31.3 Å². The Morgan fingerprint density at radius 2 is 1.72 bits per heavy atom. The van der Waals surface area contributed by atoms with E-state index in [0.717, 1.165) is 41.0 Å². The van der Waals surface area contributed by atoms with Crippen LogP contribution in [0.2, 0.25) is 0 Å². The first-order chi connectivity index (χ1) is 14.0. The quantitative estimate of drug-likeness (QED) is 0.526. The van der Waals surface area contributed by atoms with Gasteiger partial charge >= 0.3 is 0 Å². The fraction of sp³-hybridized carbons (Fsp3) is 0.273. The molecular weight excluding hydrogens is 402 g/mol. The van der Waals surface area contributed by atoms with E-state index in [9.17, 15) is 4.79 Å². The first-order valence-electron chi connectivity index (χ1n) is 9.54. The van der Waals surface area contributed by atoms with Gasteiger partial charge in [-0.2, -0.15) is 0 Å². The molecule has 0 unspecified atom stereocenters. The van der Waals surface area contributed by atoms with Crippen molar-refractivity contribution in [3.05, 3.63) is 68.0 Å². The molecule has 1 amide bonds. The van der Waals surface area contributed by atoms with Gasteiger partial charge in [0.05, 0.1) is 12.8 Å². The van der Waals surface area contributed by atoms with Gasteiger partial charge in [-0.1, -0.05) is 61.6 Å². The van der Waals surface area contributed by atoms with Crippen molar-refractivity contribution >= 4 is 35.3 Å². The molecule has 0 aliphatic carbocycles. The molecule has 0 saturated heterocycles. The molecule has 5 nitrogen and oxygen atoms in total. The van der Waals surface area contributed by atoms with E-state index < -0.39 is 0 Å². The molecule has 0 radical (unpaired) electrons. The maximum Gasteiger partial charge on any atom is 0.265 e. The van der Waals surface area contributed by atoms with Crippen molar-refractivity contribution in [2.75, 3.05) is 12.8 Å². The molecule has 3 rings (SSSR count). The van der Waals surface area contributed by atoms with Gasteiger partial charge in [-0.25, -0.2) is 0 Å². The lowest BCUT2D eigenvalue weighted by atomic mass is 10.0. The number of hydrogen-bond donors (Lipinski definition) is 2. The van der Waals surface area contributed by atoms with Crippen LogP contribution in [0.25, 0.3) is 5.69 Å². The fourth-order valence-electron chi connectivity index (χ4n) is 3.37. The standard InChI is InChI=1S/C22H25N3O2S2/c1-4-14-10-8-11-15(5-2)18(14)25-20(23)19(29-22(25)28)21(26)24-13-16-9-6-7-12-17(16)27-3/h6-12H,4-5,13,23H2,1-3H3,(H,24,26). The van der Waals surface area contributed by atoms with Crippen molar-refractivity contribution < 1.29 is 9.53 Å². The third-order valence-electron chi connectivity index (χ3n) is 4.87. The molecule has 0 aliphatic heterocycles. The van der Waals surface area contributed by atoms with E-state index in [1.807, 2.05) is 34.9 Å². The van der Waals surface area contributed by atoms with Crippen LogP contribution in [-0.4, -0.2) is 17.6 Å². The average molecular weight is 428 g/mol. The van der Waals surface area contributed by atoms with Gasteiger partial charge in [0.25, 0.3) is 5.91 Å². The predicted octanol–water partition coefficient (Wildman–Crippen LogP) is 4.91. The van der Waals surface area contributed by atoms with Gasteiger partial charge in [0.15, 0.2) is 3.95 Å². The van der Waals surface area contributed by atoms with Crippen LogP contribution in [0, 0.1) is 3.95 Å². The summed E-state index contributed by atoms with van der Waals surface area (Å²) < 4.78 is 7.76. The molecule has 0 bridgehead atoms. The Kier molecular flexibility index (Phi) is 6.71. The Morgan fingerprint density at radius 3 is 2.34 bits per heavy atom. The topological polar surface area (TPSA) is 69.3 Å². The maximum absolute atomic E-state index is 12.9. The van der Waals surface area contributed by atoms with Gasteiger partial charge in [-0.05, 0) is 42.3 Å². The van der Waals surface area contributed by atoms with Gasteiger partial charge in [-0.15, -0.1) is 0 Å². The molecule has 3 aromatic rings. The fourth-order valence-corrected chi connectivity index (χ4v) is 4.62. The molecule has 29 heavy (non-hydrogen) atoms. The first kappa shape index (κ1) is 21.1. The molecule has 0 fully saturated rings. The zero-order valence-corrected chi connectivity index (χ0v) is 18.5. The number of para-hydroxylation sites is 2. The van der Waals surface area contributed by atoms with E-state index in [4.69, 9.17) is 22.7 Å². The number of benzene rings is 2. The second kappa shape index (κ2) is 9.24. The number of aryl methyl sites for hydroxylation is 2. The van der Waals surface area contributed by atoms with E-state index in [1.165, 1.54) is 11.3 Å². The minimum Gasteiger partial charge on any atom is -0.496 e. The number of nitrogen functional groups attached to an aromatic ring is 1. The summed E-state index contributed by atoms with van der Waals surface area (Å²) in [6.07, 6.45) is 1.71. The lowest BCUT2D eigenvalue weighted by Gasteiger charge is -2.16. The minimum atomic E-state index is -0.240. The molecule has 0 atom stereocenters. The molecular formula is C22H25N3O2S2. The van der Waals surface area contributed by atoms with Crippen molar-refractivity contribution in [1.29, 1.82) is 0 Å². The van der Waals surface area contributed by atoms with E-state index in [-0.39, 0.29) is 5.91 Å². The Bertz CT molecular complexity index is 1060. The van der Waals surface area contributed by atoms with Gasteiger partial charge in [-0.3, -0.25) is 9.36 Å². The number of ether oxygens (including phenoxy) is 1. The zero-order valence-electron chi connectivity index (χ0n) is 16.8. The van der Waals surface area contributed by atoms with Gasteiger partial charge < -0.3 is 15.8 Å². The van der Waals surface area contributed by atoms with E-state index in [0.29, 0.717) is 21.2 Å². The number of carbonyl (C=O) groups is 1. The van der Waals surface area contributed by atoms with Crippen molar-refractivity contribution in [3.63, 3.8) is 0 Å². The van der Waals surface area contributed by atoms with Gasteiger partial charge in [0, 0.05) is 12.1 Å². The molecule has 3 N–H and O–H groups in total. The summed E-state index contributed by atoms with van der Waals surface area (Å²) in [6.45, 7) is 4.55. The Labute approximate surface area is 180 Å². The number of nitrogens with one attached hydrogen (secondary N) is 1. The highest BCUT2D eigenvalue weighted by molar-refractivity contribution is 7.73. The van der Waals surface area contributed by atoms with Crippen LogP contribution in [0.1, 0.15) is 40.2 Å². The van der Waals surface area contributed by atoms with Crippen LogP contribution in [0.3, 0.4) is 0 Å². The molecule has 2 aromatic carbocycles. The second-order valence-corrected chi connectivity index (χ2v) is 8.19. The van der Waals surface area contributed by atoms with Crippen molar-refractivity contribution in [2.45, 2.75) is 33.2 Å². The first-order valence-corrected chi connectivity index (χ1v) is 10.8. The molecule has 0 aliphatic rings. The molecule has 1 aromatic heterocycles. The number of amides is 1. The summed E-state index contributed by atoms with van der Waals surface area (Å²) in [7, 11) is 1.61. The van der Waals surface area contributed by atoms with E-state index in [1.54, 1.807) is 7.11 Å². The molecule has 152 valence electrons. The third kappa shape index (κ3) is 4.21. The number of carbonyl (C=O) groups excluding carboxylic acids is 1. The van der Waals surface area contributed by atoms with Crippen molar-refractivity contribution in [2.24, 2.45) is 0 Å². The highest BCUT2D eigenvalue weighted by atomic mass is 32.1. The molecule has 0 saturated carbocycles.